The molecule has 0 rings (SSSR count). The minimum atomic E-state index is 0.213. The van der Waals surface area contributed by atoms with Crippen molar-refractivity contribution in [3.8, 4) is 0 Å². The van der Waals surface area contributed by atoms with E-state index in [1.807, 2.05) is 0 Å². The zero-order valence-corrected chi connectivity index (χ0v) is 12.2. The van der Waals surface area contributed by atoms with Gasteiger partial charge in [0.2, 0.25) is 0 Å². The molecule has 0 bridgehead atoms. The summed E-state index contributed by atoms with van der Waals surface area (Å²) in [4.78, 5) is 12.1. The summed E-state index contributed by atoms with van der Waals surface area (Å²) in [6.45, 7) is 15.3. The van der Waals surface area contributed by atoms with E-state index in [0.717, 1.165) is 6.42 Å². The van der Waals surface area contributed by atoms with E-state index in [-0.39, 0.29) is 5.92 Å². The Morgan fingerprint density at radius 3 is 1.75 bits per heavy atom. The zero-order chi connectivity index (χ0) is 12.9. The molecule has 0 radical (unpaired) electrons. The molecule has 0 heterocycles. The zero-order valence-electron chi connectivity index (χ0n) is 12.2. The number of carbonyl (C=O) groups excluding carboxylic acids is 1. The van der Waals surface area contributed by atoms with Crippen LogP contribution in [0.4, 0.5) is 0 Å². The topological polar surface area (TPSA) is 17.1 Å². The number of rotatable bonds is 7. The molecule has 3 unspecified atom stereocenters. The van der Waals surface area contributed by atoms with Crippen molar-refractivity contribution in [2.75, 3.05) is 0 Å². The first kappa shape index (κ1) is 15.7. The molecule has 0 aliphatic rings. The average Bonchev–Trinajstić information content (AvgIpc) is 2.22. The molecule has 96 valence electrons. The number of hydrogen-bond donors (Lipinski definition) is 0. The van der Waals surface area contributed by atoms with Crippen molar-refractivity contribution in [3.63, 3.8) is 0 Å². The van der Waals surface area contributed by atoms with Crippen molar-refractivity contribution in [2.24, 2.45) is 29.6 Å². The second-order valence-electron chi connectivity index (χ2n) is 6.00. The molecule has 1 heteroatoms. The van der Waals surface area contributed by atoms with E-state index in [2.05, 4.69) is 48.5 Å². The molecule has 0 aliphatic carbocycles. The van der Waals surface area contributed by atoms with E-state index in [9.17, 15) is 4.79 Å². The van der Waals surface area contributed by atoms with Crippen molar-refractivity contribution >= 4 is 5.78 Å². The Labute approximate surface area is 102 Å². The molecule has 1 nitrogen and oxygen atoms in total. The Bertz CT molecular complexity index is 205. The van der Waals surface area contributed by atoms with Crippen LogP contribution in [-0.4, -0.2) is 5.78 Å². The van der Waals surface area contributed by atoms with Crippen molar-refractivity contribution in [1.82, 2.24) is 0 Å². The summed E-state index contributed by atoms with van der Waals surface area (Å²) in [5, 5.41) is 0. The summed E-state index contributed by atoms with van der Waals surface area (Å²) in [6, 6.07) is 0. The monoisotopic (exact) mass is 226 g/mol. The lowest BCUT2D eigenvalue weighted by atomic mass is 9.77. The predicted molar refractivity (Wildman–Crippen MR) is 71.4 cm³/mol. The maximum Gasteiger partial charge on any atom is 0.136 e. The van der Waals surface area contributed by atoms with Crippen molar-refractivity contribution < 1.29 is 4.79 Å². The van der Waals surface area contributed by atoms with Crippen LogP contribution in [0.2, 0.25) is 0 Å². The maximum atomic E-state index is 12.1. The van der Waals surface area contributed by atoms with Crippen molar-refractivity contribution in [3.05, 3.63) is 0 Å². The molecule has 0 aliphatic heterocycles. The SMILES string of the molecule is CCC(C)C(CC(=O)C(C)C(C)C)C(C)C. The van der Waals surface area contributed by atoms with Gasteiger partial charge in [-0.25, -0.2) is 0 Å². The first-order valence-corrected chi connectivity index (χ1v) is 6.83. The highest BCUT2D eigenvalue weighted by atomic mass is 16.1. The number of carbonyl (C=O) groups is 1. The predicted octanol–water partition coefficient (Wildman–Crippen LogP) is 4.56. The molecule has 0 saturated heterocycles. The third kappa shape index (κ3) is 4.67. The minimum absolute atomic E-state index is 0.213. The number of ketones is 1. The first-order chi connectivity index (χ1) is 7.31. The summed E-state index contributed by atoms with van der Waals surface area (Å²) >= 11 is 0. The summed E-state index contributed by atoms with van der Waals surface area (Å²) < 4.78 is 0. The molecule has 0 amide bonds. The van der Waals surface area contributed by atoms with Gasteiger partial charge in [0.15, 0.2) is 0 Å². The highest BCUT2D eigenvalue weighted by molar-refractivity contribution is 5.81. The molecule has 0 N–H and O–H groups in total. The van der Waals surface area contributed by atoms with E-state index >= 15 is 0 Å². The van der Waals surface area contributed by atoms with Gasteiger partial charge in [-0.1, -0.05) is 54.9 Å². The standard InChI is InChI=1S/C15H30O/c1-8-12(6)14(11(4)5)9-15(16)13(7)10(2)3/h10-14H,8-9H2,1-7H3. The van der Waals surface area contributed by atoms with E-state index in [4.69, 9.17) is 0 Å². The lowest BCUT2D eigenvalue weighted by Crippen LogP contribution is -2.26. The van der Waals surface area contributed by atoms with Gasteiger partial charge in [-0.2, -0.15) is 0 Å². The van der Waals surface area contributed by atoms with Gasteiger partial charge >= 0.3 is 0 Å². The van der Waals surface area contributed by atoms with Gasteiger partial charge in [-0.15, -0.1) is 0 Å². The Kier molecular flexibility index (Phi) is 6.94. The Morgan fingerprint density at radius 1 is 0.938 bits per heavy atom. The molecule has 3 atom stereocenters. The average molecular weight is 226 g/mol. The molecular formula is C15H30O. The van der Waals surface area contributed by atoms with Gasteiger partial charge in [0.1, 0.15) is 5.78 Å². The van der Waals surface area contributed by atoms with Gasteiger partial charge in [0, 0.05) is 12.3 Å². The largest absolute Gasteiger partial charge is 0.299 e. The Morgan fingerprint density at radius 2 is 1.44 bits per heavy atom. The van der Waals surface area contributed by atoms with E-state index < -0.39 is 0 Å². The Balaban J connectivity index is 4.46. The highest BCUT2D eigenvalue weighted by Crippen LogP contribution is 2.29. The van der Waals surface area contributed by atoms with Gasteiger partial charge in [-0.05, 0) is 23.7 Å². The lowest BCUT2D eigenvalue weighted by molar-refractivity contribution is -0.125. The normalized spacial score (nSPS) is 17.6. The summed E-state index contributed by atoms with van der Waals surface area (Å²) in [5.41, 5.74) is 0. The molecule has 0 fully saturated rings. The molecule has 0 spiro atoms. The van der Waals surface area contributed by atoms with Gasteiger partial charge < -0.3 is 0 Å². The summed E-state index contributed by atoms with van der Waals surface area (Å²) in [5.74, 6) is 2.96. The second-order valence-corrected chi connectivity index (χ2v) is 6.00. The quantitative estimate of drug-likeness (QED) is 0.622. The lowest BCUT2D eigenvalue weighted by Gasteiger charge is -2.28. The number of Topliss-reactive ketones (excluding diaryl/α,β-unsaturated/α-hetero) is 1. The third-order valence-electron chi connectivity index (χ3n) is 4.18. The van der Waals surface area contributed by atoms with Crippen molar-refractivity contribution in [1.29, 1.82) is 0 Å². The fraction of sp³-hybridized carbons (Fsp3) is 0.933. The highest BCUT2D eigenvalue weighted by Gasteiger charge is 2.25. The molecule has 16 heavy (non-hydrogen) atoms. The summed E-state index contributed by atoms with van der Waals surface area (Å²) in [7, 11) is 0. The first-order valence-electron chi connectivity index (χ1n) is 6.83. The van der Waals surface area contributed by atoms with Crippen LogP contribution in [0, 0.1) is 29.6 Å². The third-order valence-corrected chi connectivity index (χ3v) is 4.18. The molecule has 0 saturated carbocycles. The summed E-state index contributed by atoms with van der Waals surface area (Å²) in [6.07, 6.45) is 1.94. The van der Waals surface area contributed by atoms with Crippen LogP contribution in [0.25, 0.3) is 0 Å². The minimum Gasteiger partial charge on any atom is -0.299 e. The van der Waals surface area contributed by atoms with Crippen LogP contribution in [0.3, 0.4) is 0 Å². The number of hydrogen-bond acceptors (Lipinski definition) is 1. The van der Waals surface area contributed by atoms with Crippen molar-refractivity contribution in [2.45, 2.75) is 61.3 Å². The molecular weight excluding hydrogens is 196 g/mol. The fourth-order valence-electron chi connectivity index (χ4n) is 2.19. The van der Waals surface area contributed by atoms with Crippen LogP contribution >= 0.6 is 0 Å². The smallest absolute Gasteiger partial charge is 0.136 e. The van der Waals surface area contributed by atoms with E-state index in [0.29, 0.717) is 29.5 Å². The van der Waals surface area contributed by atoms with E-state index in [1.54, 1.807) is 0 Å². The van der Waals surface area contributed by atoms with Gasteiger partial charge in [0.05, 0.1) is 0 Å². The molecule has 0 aromatic heterocycles. The van der Waals surface area contributed by atoms with Crippen LogP contribution < -0.4 is 0 Å². The van der Waals surface area contributed by atoms with Gasteiger partial charge in [0.25, 0.3) is 0 Å². The van der Waals surface area contributed by atoms with Gasteiger partial charge in [-0.3, -0.25) is 4.79 Å². The van der Waals surface area contributed by atoms with Crippen LogP contribution in [0.1, 0.15) is 61.3 Å². The molecule has 0 aromatic rings. The maximum absolute atomic E-state index is 12.1. The molecule has 0 aromatic carbocycles. The van der Waals surface area contributed by atoms with Crippen LogP contribution in [0.15, 0.2) is 0 Å². The Hall–Kier alpha value is -0.330. The van der Waals surface area contributed by atoms with E-state index in [1.165, 1.54) is 6.42 Å². The second kappa shape index (κ2) is 7.09. The fourth-order valence-corrected chi connectivity index (χ4v) is 2.19. The van der Waals surface area contributed by atoms with Crippen LogP contribution in [-0.2, 0) is 4.79 Å². The van der Waals surface area contributed by atoms with Crippen LogP contribution in [0.5, 0.6) is 0 Å².